The van der Waals surface area contributed by atoms with Gasteiger partial charge in [-0.05, 0) is 52.7 Å². The van der Waals surface area contributed by atoms with E-state index >= 15 is 0 Å². The number of anilines is 1. The number of aromatic nitrogens is 1. The summed E-state index contributed by atoms with van der Waals surface area (Å²) in [5, 5.41) is 3.81. The second kappa shape index (κ2) is 5.90. The molecule has 1 N–H and O–H groups in total. The summed E-state index contributed by atoms with van der Waals surface area (Å²) in [6.45, 7) is 1.84. The Labute approximate surface area is 129 Å². The van der Waals surface area contributed by atoms with Crippen LogP contribution in [0.4, 0.5) is 5.69 Å². The van der Waals surface area contributed by atoms with Gasteiger partial charge in [0.1, 0.15) is 4.60 Å². The summed E-state index contributed by atoms with van der Waals surface area (Å²) in [4.78, 5) is 16.1. The lowest BCUT2D eigenvalue weighted by atomic mass is 10.1. The fourth-order valence-electron chi connectivity index (χ4n) is 1.49. The maximum absolute atomic E-state index is 12.1. The Morgan fingerprint density at radius 2 is 2.05 bits per heavy atom. The Bertz CT molecular complexity index is 647. The van der Waals surface area contributed by atoms with Gasteiger partial charge in [0.15, 0.2) is 0 Å². The molecule has 1 aromatic carbocycles. The first-order valence-electron chi connectivity index (χ1n) is 5.36. The average Bonchev–Trinajstić information content (AvgIpc) is 2.37. The van der Waals surface area contributed by atoms with Gasteiger partial charge in [-0.3, -0.25) is 4.79 Å². The Hall–Kier alpha value is -1.10. The molecule has 0 saturated heterocycles. The van der Waals surface area contributed by atoms with Crippen LogP contribution >= 0.6 is 39.1 Å². The average molecular weight is 360 g/mol. The number of pyridine rings is 1. The van der Waals surface area contributed by atoms with E-state index in [1.54, 1.807) is 24.3 Å². The molecule has 0 atom stereocenters. The molecule has 3 nitrogen and oxygen atoms in total. The largest absolute Gasteiger partial charge is 0.320 e. The van der Waals surface area contributed by atoms with E-state index in [1.165, 1.54) is 6.20 Å². The van der Waals surface area contributed by atoms with Crippen molar-refractivity contribution in [3.05, 3.63) is 56.2 Å². The lowest BCUT2D eigenvalue weighted by Crippen LogP contribution is -2.12. The van der Waals surface area contributed by atoms with Crippen LogP contribution in [-0.4, -0.2) is 10.9 Å². The fraction of sp³-hybridized carbons (Fsp3) is 0.0769. The number of carbonyl (C=O) groups is 1. The van der Waals surface area contributed by atoms with Gasteiger partial charge < -0.3 is 5.32 Å². The molecule has 0 radical (unpaired) electrons. The normalized spacial score (nSPS) is 10.3. The minimum Gasteiger partial charge on any atom is -0.320 e. The molecular weight excluding hydrogens is 351 g/mol. The summed E-state index contributed by atoms with van der Waals surface area (Å²) in [5.74, 6) is -0.246. The van der Waals surface area contributed by atoms with Crippen molar-refractivity contribution in [2.24, 2.45) is 0 Å². The molecule has 1 amide bonds. The summed E-state index contributed by atoms with van der Waals surface area (Å²) < 4.78 is 0.524. The third-order valence-corrected chi connectivity index (χ3v) is 3.74. The SMILES string of the molecule is Cc1cc(C(=O)Nc2cc(Cl)cnc2Br)ccc1Cl. The van der Waals surface area contributed by atoms with E-state index in [-0.39, 0.29) is 5.91 Å². The predicted molar refractivity (Wildman–Crippen MR) is 81.1 cm³/mol. The molecule has 1 heterocycles. The van der Waals surface area contributed by atoms with Gasteiger partial charge >= 0.3 is 0 Å². The van der Waals surface area contributed by atoms with Gasteiger partial charge in [-0.25, -0.2) is 4.98 Å². The Kier molecular flexibility index (Phi) is 4.45. The summed E-state index contributed by atoms with van der Waals surface area (Å²) in [6, 6.07) is 6.70. The summed E-state index contributed by atoms with van der Waals surface area (Å²) in [7, 11) is 0. The minimum atomic E-state index is -0.246. The highest BCUT2D eigenvalue weighted by Crippen LogP contribution is 2.24. The Morgan fingerprint density at radius 3 is 2.74 bits per heavy atom. The van der Waals surface area contributed by atoms with E-state index in [0.29, 0.717) is 25.9 Å². The molecule has 0 unspecified atom stereocenters. The zero-order valence-corrected chi connectivity index (χ0v) is 13.0. The molecule has 0 saturated carbocycles. The number of carbonyl (C=O) groups excluding carboxylic acids is 1. The molecule has 0 aliphatic heterocycles. The summed E-state index contributed by atoms with van der Waals surface area (Å²) in [6.07, 6.45) is 1.49. The molecular formula is C13H9BrCl2N2O. The highest BCUT2D eigenvalue weighted by Gasteiger charge is 2.10. The molecule has 0 aliphatic rings. The monoisotopic (exact) mass is 358 g/mol. The van der Waals surface area contributed by atoms with E-state index in [0.717, 1.165) is 5.56 Å². The first-order valence-corrected chi connectivity index (χ1v) is 6.91. The highest BCUT2D eigenvalue weighted by molar-refractivity contribution is 9.10. The van der Waals surface area contributed by atoms with Gasteiger partial charge in [0.25, 0.3) is 5.91 Å². The molecule has 0 spiro atoms. The van der Waals surface area contributed by atoms with Crippen LogP contribution in [0.5, 0.6) is 0 Å². The van der Waals surface area contributed by atoms with Crippen molar-refractivity contribution >= 4 is 50.7 Å². The van der Waals surface area contributed by atoms with Gasteiger partial charge in [-0.2, -0.15) is 0 Å². The number of nitrogens with zero attached hydrogens (tertiary/aromatic N) is 1. The van der Waals surface area contributed by atoms with Crippen LogP contribution in [0.1, 0.15) is 15.9 Å². The standard InChI is InChI=1S/C13H9BrCl2N2O/c1-7-4-8(2-3-10(7)16)13(19)18-11-5-9(15)6-17-12(11)14/h2-6H,1H3,(H,18,19). The van der Waals surface area contributed by atoms with Crippen LogP contribution in [-0.2, 0) is 0 Å². The zero-order chi connectivity index (χ0) is 14.0. The Balaban J connectivity index is 2.25. The van der Waals surface area contributed by atoms with Gasteiger partial charge in [-0.15, -0.1) is 0 Å². The summed E-state index contributed by atoms with van der Waals surface area (Å²) >= 11 is 15.0. The van der Waals surface area contributed by atoms with Crippen LogP contribution in [0, 0.1) is 6.92 Å². The number of nitrogens with one attached hydrogen (secondary N) is 1. The number of amides is 1. The highest BCUT2D eigenvalue weighted by atomic mass is 79.9. The Morgan fingerprint density at radius 1 is 1.32 bits per heavy atom. The van der Waals surface area contributed by atoms with Crippen LogP contribution in [0.25, 0.3) is 0 Å². The van der Waals surface area contributed by atoms with Crippen LogP contribution in [0.15, 0.2) is 35.1 Å². The van der Waals surface area contributed by atoms with Gasteiger partial charge in [0, 0.05) is 16.8 Å². The lowest BCUT2D eigenvalue weighted by molar-refractivity contribution is 0.102. The molecule has 2 rings (SSSR count). The second-order valence-corrected chi connectivity index (χ2v) is 5.50. The van der Waals surface area contributed by atoms with Crippen molar-refractivity contribution in [2.45, 2.75) is 6.92 Å². The van der Waals surface area contributed by atoms with E-state index in [4.69, 9.17) is 23.2 Å². The van der Waals surface area contributed by atoms with E-state index in [9.17, 15) is 4.79 Å². The van der Waals surface area contributed by atoms with E-state index in [2.05, 4.69) is 26.2 Å². The molecule has 6 heteroatoms. The number of hydrogen-bond donors (Lipinski definition) is 1. The number of hydrogen-bond acceptors (Lipinski definition) is 2. The molecule has 98 valence electrons. The van der Waals surface area contributed by atoms with Crippen molar-refractivity contribution in [1.29, 1.82) is 0 Å². The first-order chi connectivity index (χ1) is 8.97. The number of rotatable bonds is 2. The zero-order valence-electron chi connectivity index (χ0n) is 9.88. The third kappa shape index (κ3) is 3.47. The quantitative estimate of drug-likeness (QED) is 0.789. The van der Waals surface area contributed by atoms with Crippen LogP contribution in [0.2, 0.25) is 10.0 Å². The smallest absolute Gasteiger partial charge is 0.255 e. The van der Waals surface area contributed by atoms with Crippen LogP contribution < -0.4 is 5.32 Å². The molecule has 0 bridgehead atoms. The summed E-state index contributed by atoms with van der Waals surface area (Å²) in [5.41, 5.74) is 1.89. The maximum Gasteiger partial charge on any atom is 0.255 e. The fourth-order valence-corrected chi connectivity index (χ4v) is 2.08. The number of benzene rings is 1. The predicted octanol–water partition coefficient (Wildman–Crippen LogP) is 4.71. The lowest BCUT2D eigenvalue weighted by Gasteiger charge is -2.08. The third-order valence-electron chi connectivity index (χ3n) is 2.47. The van der Waals surface area contributed by atoms with Gasteiger partial charge in [0.05, 0.1) is 10.7 Å². The number of aryl methyl sites for hydroxylation is 1. The molecule has 0 aliphatic carbocycles. The minimum absolute atomic E-state index is 0.246. The maximum atomic E-state index is 12.1. The topological polar surface area (TPSA) is 42.0 Å². The van der Waals surface area contributed by atoms with Crippen molar-refractivity contribution in [3.63, 3.8) is 0 Å². The molecule has 19 heavy (non-hydrogen) atoms. The van der Waals surface area contributed by atoms with Crippen molar-refractivity contribution in [3.8, 4) is 0 Å². The van der Waals surface area contributed by atoms with Crippen LogP contribution in [0.3, 0.4) is 0 Å². The molecule has 2 aromatic rings. The number of halogens is 3. The van der Waals surface area contributed by atoms with Gasteiger partial charge in [0.2, 0.25) is 0 Å². The molecule has 1 aromatic heterocycles. The van der Waals surface area contributed by atoms with Crippen molar-refractivity contribution < 1.29 is 4.79 Å². The van der Waals surface area contributed by atoms with E-state index < -0.39 is 0 Å². The second-order valence-electron chi connectivity index (χ2n) is 3.91. The first kappa shape index (κ1) is 14.3. The molecule has 0 fully saturated rings. The van der Waals surface area contributed by atoms with Gasteiger partial charge in [-0.1, -0.05) is 23.2 Å². The van der Waals surface area contributed by atoms with Crippen molar-refractivity contribution in [2.75, 3.05) is 5.32 Å². The van der Waals surface area contributed by atoms with E-state index in [1.807, 2.05) is 6.92 Å². The van der Waals surface area contributed by atoms with Crippen molar-refractivity contribution in [1.82, 2.24) is 4.98 Å².